The van der Waals surface area contributed by atoms with E-state index < -0.39 is 9.84 Å². The molecule has 0 aromatic heterocycles. The Morgan fingerprint density at radius 2 is 2.00 bits per heavy atom. The first-order chi connectivity index (χ1) is 7.83. The molecule has 0 aliphatic heterocycles. The molecule has 0 fully saturated rings. The van der Waals surface area contributed by atoms with Crippen LogP contribution in [0.25, 0.3) is 0 Å². The zero-order valence-corrected chi connectivity index (χ0v) is 11.1. The van der Waals surface area contributed by atoms with Gasteiger partial charge in [-0.05, 0) is 44.5 Å². The minimum absolute atomic E-state index is 0.0844. The maximum Gasteiger partial charge on any atom is 0.154 e. The molecule has 0 atom stereocenters. The predicted octanol–water partition coefficient (Wildman–Crippen LogP) is 2.37. The lowest BCUT2D eigenvalue weighted by molar-refractivity contribution is 0.587. The summed E-state index contributed by atoms with van der Waals surface area (Å²) >= 11 is 0. The molecule has 0 heterocycles. The van der Waals surface area contributed by atoms with Crippen LogP contribution in [-0.4, -0.2) is 26.0 Å². The predicted molar refractivity (Wildman–Crippen MR) is 68.5 cm³/mol. The van der Waals surface area contributed by atoms with Crippen molar-refractivity contribution in [2.24, 2.45) is 0 Å². The second-order valence-corrected chi connectivity index (χ2v) is 6.98. The monoisotopic (exact) mass is 259 g/mol. The Morgan fingerprint density at radius 3 is 2.53 bits per heavy atom. The van der Waals surface area contributed by atoms with Crippen molar-refractivity contribution in [2.75, 3.05) is 17.6 Å². The molecule has 1 N–H and O–H groups in total. The second-order valence-electron chi connectivity index (χ2n) is 4.31. The van der Waals surface area contributed by atoms with Gasteiger partial charge in [0.05, 0.1) is 11.0 Å². The van der Waals surface area contributed by atoms with Gasteiger partial charge in [0.15, 0.2) is 9.84 Å². The molecule has 0 spiro atoms. The van der Waals surface area contributed by atoms with Gasteiger partial charge < -0.3 is 5.32 Å². The third-order valence-electron chi connectivity index (χ3n) is 2.59. The van der Waals surface area contributed by atoms with Crippen LogP contribution in [0.4, 0.5) is 10.1 Å². The van der Waals surface area contributed by atoms with E-state index in [1.54, 1.807) is 32.9 Å². The Morgan fingerprint density at radius 1 is 1.35 bits per heavy atom. The average Bonchev–Trinajstić information content (AvgIpc) is 2.23. The standard InChI is InChI=1S/C12H18FNO2S/c1-9(2)17(15,16)7-6-14-11-4-5-12(13)10(3)8-11/h4-5,8-9,14H,6-7H2,1-3H3. The molecule has 0 aliphatic carbocycles. The van der Waals surface area contributed by atoms with Crippen LogP contribution in [-0.2, 0) is 9.84 Å². The number of hydrogen-bond donors (Lipinski definition) is 1. The quantitative estimate of drug-likeness (QED) is 0.883. The van der Waals surface area contributed by atoms with Crippen molar-refractivity contribution in [1.29, 1.82) is 0 Å². The van der Waals surface area contributed by atoms with Gasteiger partial charge in [0.25, 0.3) is 0 Å². The van der Waals surface area contributed by atoms with E-state index in [1.165, 1.54) is 6.07 Å². The highest BCUT2D eigenvalue weighted by atomic mass is 32.2. The van der Waals surface area contributed by atoms with E-state index in [4.69, 9.17) is 0 Å². The molecule has 0 saturated carbocycles. The highest BCUT2D eigenvalue weighted by Crippen LogP contribution is 2.13. The van der Waals surface area contributed by atoms with Gasteiger partial charge in [0.2, 0.25) is 0 Å². The summed E-state index contributed by atoms with van der Waals surface area (Å²) in [6.07, 6.45) is 0. The Kier molecular flexibility index (Phi) is 4.51. The van der Waals surface area contributed by atoms with E-state index in [0.717, 1.165) is 5.69 Å². The smallest absolute Gasteiger partial charge is 0.154 e. The van der Waals surface area contributed by atoms with E-state index >= 15 is 0 Å². The zero-order valence-electron chi connectivity index (χ0n) is 10.3. The van der Waals surface area contributed by atoms with Gasteiger partial charge in [-0.3, -0.25) is 0 Å². The lowest BCUT2D eigenvalue weighted by Gasteiger charge is -2.10. The Labute approximate surface area is 102 Å². The SMILES string of the molecule is Cc1cc(NCCS(=O)(=O)C(C)C)ccc1F. The Bertz CT molecular complexity index is 483. The first kappa shape index (κ1) is 14.0. The van der Waals surface area contributed by atoms with Crippen LogP contribution >= 0.6 is 0 Å². The average molecular weight is 259 g/mol. The van der Waals surface area contributed by atoms with Crippen LogP contribution in [0.5, 0.6) is 0 Å². The number of rotatable bonds is 5. The highest BCUT2D eigenvalue weighted by Gasteiger charge is 2.15. The van der Waals surface area contributed by atoms with Gasteiger partial charge in [0.1, 0.15) is 5.82 Å². The van der Waals surface area contributed by atoms with E-state index in [1.807, 2.05) is 0 Å². The van der Waals surface area contributed by atoms with Crippen LogP contribution < -0.4 is 5.32 Å². The summed E-state index contributed by atoms with van der Waals surface area (Å²) in [5.41, 5.74) is 1.28. The van der Waals surface area contributed by atoms with Crippen LogP contribution in [0.2, 0.25) is 0 Å². The highest BCUT2D eigenvalue weighted by molar-refractivity contribution is 7.92. The maximum atomic E-state index is 13.0. The summed E-state index contributed by atoms with van der Waals surface area (Å²) in [6.45, 7) is 5.34. The molecule has 1 aromatic carbocycles. The number of nitrogens with one attached hydrogen (secondary N) is 1. The van der Waals surface area contributed by atoms with E-state index in [2.05, 4.69) is 5.32 Å². The fourth-order valence-corrected chi connectivity index (χ4v) is 2.19. The molecule has 0 amide bonds. The van der Waals surface area contributed by atoms with Crippen molar-refractivity contribution in [3.63, 3.8) is 0 Å². The fourth-order valence-electron chi connectivity index (χ4n) is 1.33. The van der Waals surface area contributed by atoms with Crippen molar-refractivity contribution in [1.82, 2.24) is 0 Å². The van der Waals surface area contributed by atoms with Crippen molar-refractivity contribution < 1.29 is 12.8 Å². The van der Waals surface area contributed by atoms with Gasteiger partial charge in [-0.1, -0.05) is 0 Å². The number of hydrogen-bond acceptors (Lipinski definition) is 3. The molecule has 5 heteroatoms. The van der Waals surface area contributed by atoms with E-state index in [-0.39, 0.29) is 16.8 Å². The minimum Gasteiger partial charge on any atom is -0.384 e. The molecule has 0 unspecified atom stereocenters. The molecule has 0 aliphatic rings. The number of benzene rings is 1. The first-order valence-electron chi connectivity index (χ1n) is 5.54. The van der Waals surface area contributed by atoms with Crippen LogP contribution in [0.3, 0.4) is 0 Å². The van der Waals surface area contributed by atoms with Gasteiger partial charge >= 0.3 is 0 Å². The Balaban J connectivity index is 2.55. The topological polar surface area (TPSA) is 46.2 Å². The number of aryl methyl sites for hydroxylation is 1. The third-order valence-corrected chi connectivity index (χ3v) is 4.80. The summed E-state index contributed by atoms with van der Waals surface area (Å²) in [5, 5.41) is 2.62. The summed E-state index contributed by atoms with van der Waals surface area (Å²) in [6, 6.07) is 4.64. The summed E-state index contributed by atoms with van der Waals surface area (Å²) in [4.78, 5) is 0. The third kappa shape index (κ3) is 4.00. The van der Waals surface area contributed by atoms with Gasteiger partial charge in [-0.2, -0.15) is 0 Å². The summed E-state index contributed by atoms with van der Waals surface area (Å²) in [5.74, 6) is -0.175. The molecular formula is C12H18FNO2S. The van der Waals surface area contributed by atoms with Crippen molar-refractivity contribution in [3.8, 4) is 0 Å². The zero-order chi connectivity index (χ0) is 13.1. The van der Waals surface area contributed by atoms with Gasteiger partial charge in [-0.15, -0.1) is 0 Å². The van der Waals surface area contributed by atoms with Crippen LogP contribution in [0, 0.1) is 12.7 Å². The van der Waals surface area contributed by atoms with Crippen LogP contribution in [0.15, 0.2) is 18.2 Å². The van der Waals surface area contributed by atoms with E-state index in [0.29, 0.717) is 12.1 Å². The maximum absolute atomic E-state index is 13.0. The Hall–Kier alpha value is -1.10. The van der Waals surface area contributed by atoms with Crippen molar-refractivity contribution >= 4 is 15.5 Å². The van der Waals surface area contributed by atoms with Gasteiger partial charge in [0, 0.05) is 12.2 Å². The molecule has 3 nitrogen and oxygen atoms in total. The normalized spacial score (nSPS) is 11.8. The largest absolute Gasteiger partial charge is 0.384 e. The molecule has 1 rings (SSSR count). The van der Waals surface area contributed by atoms with Crippen LogP contribution in [0.1, 0.15) is 19.4 Å². The molecule has 0 radical (unpaired) electrons. The van der Waals surface area contributed by atoms with E-state index in [9.17, 15) is 12.8 Å². The molecular weight excluding hydrogens is 241 g/mol. The number of halogens is 1. The number of sulfone groups is 1. The molecule has 1 aromatic rings. The summed E-state index contributed by atoms with van der Waals surface area (Å²) in [7, 11) is -3.02. The molecule has 17 heavy (non-hydrogen) atoms. The van der Waals surface area contributed by atoms with Crippen molar-refractivity contribution in [2.45, 2.75) is 26.0 Å². The minimum atomic E-state index is -3.02. The van der Waals surface area contributed by atoms with Crippen molar-refractivity contribution in [3.05, 3.63) is 29.6 Å². The molecule has 96 valence electrons. The summed E-state index contributed by atoms with van der Waals surface area (Å²) < 4.78 is 36.1. The molecule has 0 saturated heterocycles. The molecule has 0 bridgehead atoms. The fraction of sp³-hybridized carbons (Fsp3) is 0.500. The number of anilines is 1. The first-order valence-corrected chi connectivity index (χ1v) is 7.26. The second kappa shape index (κ2) is 5.49. The lowest BCUT2D eigenvalue weighted by Crippen LogP contribution is -2.22. The lowest BCUT2D eigenvalue weighted by atomic mass is 10.2. The van der Waals surface area contributed by atoms with Gasteiger partial charge in [-0.25, -0.2) is 12.8 Å².